The van der Waals surface area contributed by atoms with Gasteiger partial charge in [-0.3, -0.25) is 0 Å². The summed E-state index contributed by atoms with van der Waals surface area (Å²) in [5.41, 5.74) is 6.88. The zero-order valence-corrected chi connectivity index (χ0v) is 12.1. The average molecular weight is 290 g/mol. The van der Waals surface area contributed by atoms with E-state index in [1.54, 1.807) is 6.20 Å². The highest BCUT2D eigenvalue weighted by atomic mass is 16.5. The van der Waals surface area contributed by atoms with Crippen LogP contribution in [0.5, 0.6) is 5.88 Å². The van der Waals surface area contributed by atoms with E-state index in [9.17, 15) is 0 Å². The maximum Gasteiger partial charge on any atom is 0.213 e. The predicted molar refractivity (Wildman–Crippen MR) is 80.2 cm³/mol. The summed E-state index contributed by atoms with van der Waals surface area (Å²) >= 11 is 0. The first-order chi connectivity index (χ1) is 10.3. The molecule has 21 heavy (non-hydrogen) atoms. The molecule has 1 aliphatic carbocycles. The topological polar surface area (TPSA) is 81.8 Å². The van der Waals surface area contributed by atoms with Crippen LogP contribution in [-0.4, -0.2) is 36.3 Å². The van der Waals surface area contributed by atoms with E-state index >= 15 is 0 Å². The van der Waals surface area contributed by atoms with Gasteiger partial charge in [-0.2, -0.15) is 0 Å². The zero-order chi connectivity index (χ0) is 14.5. The van der Waals surface area contributed by atoms with Crippen LogP contribution < -0.4 is 15.8 Å². The molecular formula is C15H22N4O2. The van der Waals surface area contributed by atoms with Gasteiger partial charge < -0.3 is 20.5 Å². The van der Waals surface area contributed by atoms with Crippen LogP contribution in [0.2, 0.25) is 0 Å². The molecule has 114 valence electrons. The average Bonchev–Trinajstić information content (AvgIpc) is 3.31. The van der Waals surface area contributed by atoms with E-state index < -0.39 is 0 Å². The second-order valence-corrected chi connectivity index (χ2v) is 5.55. The second-order valence-electron chi connectivity index (χ2n) is 5.55. The van der Waals surface area contributed by atoms with Crippen molar-refractivity contribution >= 4 is 5.96 Å². The zero-order valence-electron chi connectivity index (χ0n) is 12.1. The molecule has 0 bridgehead atoms. The summed E-state index contributed by atoms with van der Waals surface area (Å²) in [4.78, 5) is 8.60. The van der Waals surface area contributed by atoms with Crippen molar-refractivity contribution in [3.05, 3.63) is 23.9 Å². The summed E-state index contributed by atoms with van der Waals surface area (Å²) in [5.74, 6) is 1.17. The van der Waals surface area contributed by atoms with Crippen molar-refractivity contribution in [2.24, 2.45) is 10.7 Å². The van der Waals surface area contributed by atoms with Gasteiger partial charge in [0.1, 0.15) is 6.10 Å². The monoisotopic (exact) mass is 290 g/mol. The summed E-state index contributed by atoms with van der Waals surface area (Å²) < 4.78 is 11.2. The van der Waals surface area contributed by atoms with Crippen LogP contribution >= 0.6 is 0 Å². The highest BCUT2D eigenvalue weighted by Gasteiger charge is 2.21. The normalized spacial score (nSPS) is 20.3. The minimum atomic E-state index is 0.201. The molecule has 0 amide bonds. The van der Waals surface area contributed by atoms with Crippen LogP contribution in [0, 0.1) is 0 Å². The van der Waals surface area contributed by atoms with E-state index in [1.807, 2.05) is 12.1 Å². The fraction of sp³-hybridized carbons (Fsp3) is 0.600. The van der Waals surface area contributed by atoms with Crippen molar-refractivity contribution in [2.45, 2.75) is 44.4 Å². The molecule has 1 aliphatic heterocycles. The van der Waals surface area contributed by atoms with E-state index in [0.717, 1.165) is 31.6 Å². The minimum Gasteiger partial charge on any atom is -0.474 e. The smallest absolute Gasteiger partial charge is 0.213 e. The molecule has 6 heteroatoms. The van der Waals surface area contributed by atoms with Crippen molar-refractivity contribution in [3.8, 4) is 5.88 Å². The van der Waals surface area contributed by atoms with Gasteiger partial charge in [0.05, 0.1) is 19.8 Å². The molecule has 0 radical (unpaired) electrons. The number of guanidine groups is 1. The standard InChI is InChI=1S/C15H22N4O2/c16-15(19-12-1-2-12)18-10-11-3-6-17-14(9-11)21-13-4-7-20-8-5-13/h3,6,9,12-13H,1-2,4-5,7-8,10H2,(H3,16,18,19). The van der Waals surface area contributed by atoms with E-state index in [0.29, 0.717) is 24.4 Å². The molecule has 1 aromatic rings. The number of hydrogen-bond acceptors (Lipinski definition) is 4. The Labute approximate surface area is 124 Å². The van der Waals surface area contributed by atoms with Gasteiger partial charge >= 0.3 is 0 Å². The quantitative estimate of drug-likeness (QED) is 0.629. The van der Waals surface area contributed by atoms with Crippen molar-refractivity contribution in [3.63, 3.8) is 0 Å². The molecule has 6 nitrogen and oxygen atoms in total. The first kappa shape index (κ1) is 14.1. The molecule has 0 atom stereocenters. The van der Waals surface area contributed by atoms with Gasteiger partial charge in [0, 0.05) is 31.1 Å². The number of pyridine rings is 1. The minimum absolute atomic E-state index is 0.201. The second kappa shape index (κ2) is 6.76. The molecule has 0 spiro atoms. The molecule has 2 aliphatic rings. The lowest BCUT2D eigenvalue weighted by Crippen LogP contribution is -2.33. The number of aliphatic imine (C=N–C) groups is 1. The van der Waals surface area contributed by atoms with Crippen LogP contribution in [0.25, 0.3) is 0 Å². The first-order valence-corrected chi connectivity index (χ1v) is 7.55. The van der Waals surface area contributed by atoms with Gasteiger partial charge in [0.2, 0.25) is 5.88 Å². The van der Waals surface area contributed by atoms with E-state index in [1.165, 1.54) is 12.8 Å². The Morgan fingerprint density at radius 2 is 2.19 bits per heavy atom. The molecule has 0 unspecified atom stereocenters. The Bertz CT molecular complexity index is 496. The highest BCUT2D eigenvalue weighted by molar-refractivity contribution is 5.78. The number of nitrogens with one attached hydrogen (secondary N) is 1. The third-order valence-corrected chi connectivity index (χ3v) is 3.62. The van der Waals surface area contributed by atoms with Crippen molar-refractivity contribution in [1.82, 2.24) is 10.3 Å². The third kappa shape index (κ3) is 4.60. The Hall–Kier alpha value is -1.82. The Morgan fingerprint density at radius 3 is 2.95 bits per heavy atom. The summed E-state index contributed by atoms with van der Waals surface area (Å²) in [6.45, 7) is 2.06. The van der Waals surface area contributed by atoms with Crippen LogP contribution in [0.15, 0.2) is 23.3 Å². The fourth-order valence-corrected chi connectivity index (χ4v) is 2.24. The van der Waals surface area contributed by atoms with Gasteiger partial charge in [0.25, 0.3) is 0 Å². The first-order valence-electron chi connectivity index (χ1n) is 7.55. The van der Waals surface area contributed by atoms with Crippen molar-refractivity contribution in [1.29, 1.82) is 0 Å². The van der Waals surface area contributed by atoms with Crippen LogP contribution in [0.1, 0.15) is 31.2 Å². The Balaban J connectivity index is 1.54. The van der Waals surface area contributed by atoms with Crippen LogP contribution in [-0.2, 0) is 11.3 Å². The molecule has 3 rings (SSSR count). The third-order valence-electron chi connectivity index (χ3n) is 3.62. The Morgan fingerprint density at radius 1 is 1.38 bits per heavy atom. The van der Waals surface area contributed by atoms with Gasteiger partial charge in [-0.25, -0.2) is 9.98 Å². The number of hydrogen-bond donors (Lipinski definition) is 2. The summed E-state index contributed by atoms with van der Waals surface area (Å²) in [6.07, 6.45) is 6.17. The number of nitrogens with zero attached hydrogens (tertiary/aromatic N) is 2. The van der Waals surface area contributed by atoms with E-state index in [4.69, 9.17) is 15.2 Å². The van der Waals surface area contributed by atoms with Crippen molar-refractivity contribution < 1.29 is 9.47 Å². The lowest BCUT2D eigenvalue weighted by Gasteiger charge is -2.22. The van der Waals surface area contributed by atoms with Gasteiger partial charge in [-0.15, -0.1) is 0 Å². The summed E-state index contributed by atoms with van der Waals surface area (Å²) in [6, 6.07) is 4.40. The number of aromatic nitrogens is 1. The molecule has 3 N–H and O–H groups in total. The van der Waals surface area contributed by atoms with Crippen LogP contribution in [0.4, 0.5) is 0 Å². The maximum atomic E-state index is 5.89. The maximum absolute atomic E-state index is 5.89. The molecule has 1 saturated heterocycles. The van der Waals surface area contributed by atoms with Crippen LogP contribution in [0.3, 0.4) is 0 Å². The number of rotatable bonds is 5. The highest BCUT2D eigenvalue weighted by Crippen LogP contribution is 2.19. The Kier molecular flexibility index (Phi) is 4.55. The van der Waals surface area contributed by atoms with Gasteiger partial charge in [-0.1, -0.05) is 0 Å². The summed E-state index contributed by atoms with van der Waals surface area (Å²) in [7, 11) is 0. The predicted octanol–water partition coefficient (Wildman–Crippen LogP) is 1.21. The molecule has 2 heterocycles. The SMILES string of the molecule is NC(=NCc1ccnc(OC2CCOCC2)c1)NC1CC1. The number of ether oxygens (including phenoxy) is 2. The van der Waals surface area contributed by atoms with E-state index in [2.05, 4.69) is 15.3 Å². The molecule has 1 aromatic heterocycles. The summed E-state index contributed by atoms with van der Waals surface area (Å²) in [5, 5.41) is 3.17. The molecular weight excluding hydrogens is 268 g/mol. The van der Waals surface area contributed by atoms with Gasteiger partial charge in [-0.05, 0) is 24.5 Å². The molecule has 1 saturated carbocycles. The number of nitrogens with two attached hydrogens (primary N) is 1. The van der Waals surface area contributed by atoms with Gasteiger partial charge in [0.15, 0.2) is 5.96 Å². The largest absolute Gasteiger partial charge is 0.474 e. The molecule has 0 aromatic carbocycles. The van der Waals surface area contributed by atoms with E-state index in [-0.39, 0.29) is 6.10 Å². The molecule has 2 fully saturated rings. The fourth-order valence-electron chi connectivity index (χ4n) is 2.24. The lowest BCUT2D eigenvalue weighted by atomic mass is 10.1. The van der Waals surface area contributed by atoms with Crippen molar-refractivity contribution in [2.75, 3.05) is 13.2 Å². The lowest BCUT2D eigenvalue weighted by molar-refractivity contribution is 0.0237.